The maximum Gasteiger partial charge on any atom is 0.365 e. The van der Waals surface area contributed by atoms with Crippen LogP contribution in [-0.4, -0.2) is 18.4 Å². The van der Waals surface area contributed by atoms with Crippen molar-refractivity contribution in [2.45, 2.75) is 32.6 Å². The Labute approximate surface area is 89.4 Å². The number of aliphatic imine (C=N–C) groups is 1. The van der Waals surface area contributed by atoms with Crippen LogP contribution in [0.3, 0.4) is 0 Å². The number of unbranched alkanes of at least 4 members (excludes halogenated alkanes) is 3. The molecule has 0 aromatic carbocycles. The molecule has 0 unspecified atom stereocenters. The number of azo groups is 1. The van der Waals surface area contributed by atoms with Crippen LogP contribution in [0.5, 0.6) is 0 Å². The molecule has 0 bridgehead atoms. The lowest BCUT2D eigenvalue weighted by atomic mass is 10.2. The first-order valence-electron chi connectivity index (χ1n) is 5.20. The molecule has 0 aromatic heterocycles. The molecule has 0 saturated carbocycles. The van der Waals surface area contributed by atoms with Gasteiger partial charge in [-0.3, -0.25) is 10.3 Å². The van der Waals surface area contributed by atoms with Gasteiger partial charge in [-0.25, -0.2) is 4.79 Å². The molecule has 0 saturated heterocycles. The Bertz CT molecular complexity index is 307. The van der Waals surface area contributed by atoms with Crippen molar-refractivity contribution in [3.63, 3.8) is 0 Å². The quantitative estimate of drug-likeness (QED) is 0.693. The summed E-state index contributed by atoms with van der Waals surface area (Å²) in [6.07, 6.45) is 4.61. The van der Waals surface area contributed by atoms with Crippen molar-refractivity contribution in [3.8, 4) is 0 Å². The van der Waals surface area contributed by atoms with Gasteiger partial charge in [0.25, 0.3) is 0 Å². The summed E-state index contributed by atoms with van der Waals surface area (Å²) in [6.45, 7) is 6.50. The SMILES string of the molecule is C=C1N=NC(=O)NC1=NCCCCCC. The topological polar surface area (TPSA) is 66.2 Å². The Kier molecular flexibility index (Phi) is 4.66. The van der Waals surface area contributed by atoms with Crippen molar-refractivity contribution in [1.82, 2.24) is 5.32 Å². The number of carbonyl (C=O) groups excluding carboxylic acids is 1. The highest BCUT2D eigenvalue weighted by Gasteiger charge is 2.13. The van der Waals surface area contributed by atoms with E-state index in [4.69, 9.17) is 0 Å². The summed E-state index contributed by atoms with van der Waals surface area (Å²) >= 11 is 0. The van der Waals surface area contributed by atoms with Crippen LogP contribution >= 0.6 is 0 Å². The van der Waals surface area contributed by atoms with Gasteiger partial charge in [0.15, 0.2) is 5.84 Å². The van der Waals surface area contributed by atoms with E-state index in [1.807, 2.05) is 0 Å². The molecule has 1 heterocycles. The molecule has 0 atom stereocenters. The first kappa shape index (κ1) is 11.6. The zero-order chi connectivity index (χ0) is 11.1. The molecular formula is C10H16N4O. The normalized spacial score (nSPS) is 18.3. The second-order valence-electron chi connectivity index (χ2n) is 3.37. The number of hydrogen-bond donors (Lipinski definition) is 1. The van der Waals surface area contributed by atoms with Gasteiger partial charge in [-0.05, 0) is 6.42 Å². The minimum absolute atomic E-state index is 0.421. The van der Waals surface area contributed by atoms with Crippen LogP contribution in [0.4, 0.5) is 4.79 Å². The maximum absolute atomic E-state index is 10.9. The first-order chi connectivity index (χ1) is 7.24. The van der Waals surface area contributed by atoms with Gasteiger partial charge in [0.1, 0.15) is 5.70 Å². The van der Waals surface area contributed by atoms with Crippen molar-refractivity contribution < 1.29 is 4.79 Å². The lowest BCUT2D eigenvalue weighted by Crippen LogP contribution is -2.31. The molecule has 1 aliphatic rings. The third-order valence-corrected chi connectivity index (χ3v) is 2.04. The minimum Gasteiger partial charge on any atom is -0.288 e. The Hall–Kier alpha value is -1.52. The lowest BCUT2D eigenvalue weighted by Gasteiger charge is -2.09. The van der Waals surface area contributed by atoms with E-state index in [0.717, 1.165) is 12.8 Å². The fourth-order valence-corrected chi connectivity index (χ4v) is 1.21. The molecule has 0 aliphatic carbocycles. The van der Waals surface area contributed by atoms with E-state index in [1.54, 1.807) is 0 Å². The van der Waals surface area contributed by atoms with Crippen LogP contribution in [0.15, 0.2) is 27.5 Å². The summed E-state index contributed by atoms with van der Waals surface area (Å²) in [5, 5.41) is 9.42. The fourth-order valence-electron chi connectivity index (χ4n) is 1.21. The predicted molar refractivity (Wildman–Crippen MR) is 59.0 cm³/mol. The highest BCUT2D eigenvalue weighted by atomic mass is 16.2. The molecule has 0 radical (unpaired) electrons. The van der Waals surface area contributed by atoms with Gasteiger partial charge in [0, 0.05) is 6.54 Å². The van der Waals surface area contributed by atoms with Crippen LogP contribution in [0.2, 0.25) is 0 Å². The fraction of sp³-hybridized carbons (Fsp3) is 0.600. The highest BCUT2D eigenvalue weighted by Crippen LogP contribution is 2.04. The molecule has 15 heavy (non-hydrogen) atoms. The monoisotopic (exact) mass is 208 g/mol. The summed E-state index contributed by atoms with van der Waals surface area (Å²) < 4.78 is 0. The summed E-state index contributed by atoms with van der Waals surface area (Å²) in [7, 11) is 0. The first-order valence-corrected chi connectivity index (χ1v) is 5.20. The molecule has 5 nitrogen and oxygen atoms in total. The number of amidine groups is 1. The van der Waals surface area contributed by atoms with Gasteiger partial charge in [-0.1, -0.05) is 37.9 Å². The Morgan fingerprint density at radius 3 is 2.87 bits per heavy atom. The number of amides is 2. The zero-order valence-electron chi connectivity index (χ0n) is 8.99. The number of nitrogens with one attached hydrogen (secondary N) is 1. The molecule has 82 valence electrons. The second kappa shape index (κ2) is 6.06. The number of hydrogen-bond acceptors (Lipinski definition) is 3. The number of rotatable bonds is 5. The molecular weight excluding hydrogens is 192 g/mol. The molecule has 0 aromatic rings. The third-order valence-electron chi connectivity index (χ3n) is 2.04. The Balaban J connectivity index is 2.35. The van der Waals surface area contributed by atoms with E-state index in [-0.39, 0.29) is 0 Å². The van der Waals surface area contributed by atoms with E-state index in [1.165, 1.54) is 12.8 Å². The predicted octanol–water partition coefficient (Wildman–Crippen LogP) is 2.65. The largest absolute Gasteiger partial charge is 0.365 e. The molecule has 1 rings (SSSR count). The van der Waals surface area contributed by atoms with Crippen molar-refractivity contribution in [3.05, 3.63) is 12.3 Å². The Morgan fingerprint density at radius 1 is 1.33 bits per heavy atom. The Morgan fingerprint density at radius 2 is 2.13 bits per heavy atom. The van der Waals surface area contributed by atoms with E-state index < -0.39 is 6.03 Å². The second-order valence-corrected chi connectivity index (χ2v) is 3.37. The van der Waals surface area contributed by atoms with Crippen molar-refractivity contribution in [2.75, 3.05) is 6.54 Å². The zero-order valence-corrected chi connectivity index (χ0v) is 8.99. The lowest BCUT2D eigenvalue weighted by molar-refractivity contribution is 0.251. The number of nitrogens with zero attached hydrogens (tertiary/aromatic N) is 3. The van der Waals surface area contributed by atoms with Gasteiger partial charge in [-0.15, -0.1) is 5.11 Å². The van der Waals surface area contributed by atoms with Crippen molar-refractivity contribution in [1.29, 1.82) is 0 Å². The van der Waals surface area contributed by atoms with Gasteiger partial charge >= 0.3 is 6.03 Å². The third kappa shape index (κ3) is 4.01. The molecule has 2 amide bonds. The van der Waals surface area contributed by atoms with Crippen LogP contribution in [0, 0.1) is 0 Å². The van der Waals surface area contributed by atoms with E-state index in [2.05, 4.69) is 34.0 Å². The van der Waals surface area contributed by atoms with E-state index >= 15 is 0 Å². The average Bonchev–Trinajstić information content (AvgIpc) is 2.23. The van der Waals surface area contributed by atoms with E-state index in [9.17, 15) is 4.79 Å². The maximum atomic E-state index is 10.9. The van der Waals surface area contributed by atoms with Crippen molar-refractivity contribution >= 4 is 11.9 Å². The van der Waals surface area contributed by atoms with Gasteiger partial charge in [0.2, 0.25) is 0 Å². The van der Waals surface area contributed by atoms with E-state index in [0.29, 0.717) is 18.1 Å². The van der Waals surface area contributed by atoms with Crippen LogP contribution in [0.1, 0.15) is 32.6 Å². The number of carbonyl (C=O) groups is 1. The molecule has 0 spiro atoms. The summed E-state index contributed by atoms with van der Waals surface area (Å²) in [5.74, 6) is 0.450. The molecule has 1 aliphatic heterocycles. The summed E-state index contributed by atoms with van der Waals surface area (Å²) in [5.41, 5.74) is 0.421. The molecule has 0 fully saturated rings. The van der Waals surface area contributed by atoms with Crippen LogP contribution < -0.4 is 5.32 Å². The minimum atomic E-state index is -0.477. The highest BCUT2D eigenvalue weighted by molar-refractivity contribution is 6.08. The smallest absolute Gasteiger partial charge is 0.288 e. The molecule has 5 heteroatoms. The number of urea groups is 1. The van der Waals surface area contributed by atoms with Gasteiger partial charge in [-0.2, -0.15) is 0 Å². The summed E-state index contributed by atoms with van der Waals surface area (Å²) in [6, 6.07) is -0.477. The summed E-state index contributed by atoms with van der Waals surface area (Å²) in [4.78, 5) is 15.1. The van der Waals surface area contributed by atoms with Crippen molar-refractivity contribution in [2.24, 2.45) is 15.2 Å². The van der Waals surface area contributed by atoms with Crippen LogP contribution in [-0.2, 0) is 0 Å². The average molecular weight is 208 g/mol. The standard InChI is InChI=1S/C10H16N4O/c1-3-4-5-6-7-11-9-8(2)13-14-10(15)12-9/h2-7H2,1H3,(H,11,12,15). The van der Waals surface area contributed by atoms with Crippen LogP contribution in [0.25, 0.3) is 0 Å². The van der Waals surface area contributed by atoms with Gasteiger partial charge in [0.05, 0.1) is 0 Å². The molecule has 1 N–H and O–H groups in total. The van der Waals surface area contributed by atoms with Gasteiger partial charge < -0.3 is 0 Å².